The maximum absolute atomic E-state index is 11.3. The van der Waals surface area contributed by atoms with E-state index in [9.17, 15) is 4.79 Å². The van der Waals surface area contributed by atoms with Gasteiger partial charge in [-0.1, -0.05) is 39.0 Å². The van der Waals surface area contributed by atoms with Gasteiger partial charge in [0.2, 0.25) is 5.91 Å². The second kappa shape index (κ2) is 6.68. The third-order valence-corrected chi connectivity index (χ3v) is 3.28. The number of aliphatic hydroxyl groups excluding tert-OH is 1. The number of hydrogen-bond donors (Lipinski definition) is 3. The normalized spacial score (nSPS) is 13.3. The number of benzene rings is 1. The first-order valence-corrected chi connectivity index (χ1v) is 6.58. The maximum Gasteiger partial charge on any atom is 0.249 e. The molecule has 1 amide bonds. The Kier molecular flexibility index (Phi) is 5.51. The van der Waals surface area contributed by atoms with E-state index in [0.29, 0.717) is 18.5 Å². The fourth-order valence-electron chi connectivity index (χ4n) is 2.12. The van der Waals surface area contributed by atoms with Gasteiger partial charge < -0.3 is 16.2 Å². The average Bonchev–Trinajstić information content (AvgIpc) is 2.33. The van der Waals surface area contributed by atoms with Crippen molar-refractivity contribution in [3.05, 3.63) is 35.4 Å². The minimum absolute atomic E-state index is 0.0460. The lowest BCUT2D eigenvalue weighted by Gasteiger charge is -2.31. The molecule has 0 fully saturated rings. The number of carbonyl (C=O) groups excluding carboxylic acids is 1. The third-order valence-electron chi connectivity index (χ3n) is 3.28. The summed E-state index contributed by atoms with van der Waals surface area (Å²) in [5.41, 5.74) is 6.84. The molecular weight excluding hydrogens is 240 g/mol. The highest BCUT2D eigenvalue weighted by atomic mass is 16.3. The van der Waals surface area contributed by atoms with E-state index >= 15 is 0 Å². The van der Waals surface area contributed by atoms with E-state index in [1.54, 1.807) is 12.1 Å². The standard InChI is InChI=1S/C15H24N2O2/c1-15(2,3)13(8-9-18)17-10-11-6-4-5-7-12(11)14(16)19/h4-7,13,17-18H,8-10H2,1-3H3,(H2,16,19). The van der Waals surface area contributed by atoms with Gasteiger partial charge >= 0.3 is 0 Å². The second-order valence-corrected chi connectivity index (χ2v) is 5.83. The zero-order valence-corrected chi connectivity index (χ0v) is 11.9. The lowest BCUT2D eigenvalue weighted by molar-refractivity contribution is 0.0999. The molecule has 19 heavy (non-hydrogen) atoms. The number of primary amides is 1. The molecule has 0 saturated heterocycles. The van der Waals surface area contributed by atoms with Crippen LogP contribution < -0.4 is 11.1 Å². The van der Waals surface area contributed by atoms with Crippen LogP contribution in [0.2, 0.25) is 0 Å². The van der Waals surface area contributed by atoms with Crippen LogP contribution in [0.15, 0.2) is 24.3 Å². The number of nitrogens with two attached hydrogens (primary N) is 1. The highest BCUT2D eigenvalue weighted by Crippen LogP contribution is 2.22. The van der Waals surface area contributed by atoms with E-state index in [4.69, 9.17) is 10.8 Å². The monoisotopic (exact) mass is 264 g/mol. The van der Waals surface area contributed by atoms with Crippen molar-refractivity contribution < 1.29 is 9.90 Å². The van der Waals surface area contributed by atoms with Crippen LogP contribution in [0.3, 0.4) is 0 Å². The van der Waals surface area contributed by atoms with Crippen molar-refractivity contribution in [3.8, 4) is 0 Å². The zero-order chi connectivity index (χ0) is 14.5. The molecule has 4 heteroatoms. The summed E-state index contributed by atoms with van der Waals surface area (Å²) < 4.78 is 0. The minimum atomic E-state index is -0.410. The number of carbonyl (C=O) groups is 1. The van der Waals surface area contributed by atoms with E-state index in [1.807, 2.05) is 12.1 Å². The van der Waals surface area contributed by atoms with Crippen LogP contribution in [-0.4, -0.2) is 23.7 Å². The molecule has 1 aromatic rings. The van der Waals surface area contributed by atoms with E-state index in [1.165, 1.54) is 0 Å². The Morgan fingerprint density at radius 2 is 2.00 bits per heavy atom. The summed E-state index contributed by atoms with van der Waals surface area (Å²) in [5.74, 6) is -0.410. The first kappa shape index (κ1) is 15.7. The Morgan fingerprint density at radius 1 is 1.37 bits per heavy atom. The molecule has 0 bridgehead atoms. The Balaban J connectivity index is 2.77. The molecule has 0 spiro atoms. The van der Waals surface area contributed by atoms with Gasteiger partial charge in [-0.3, -0.25) is 4.79 Å². The topological polar surface area (TPSA) is 75.3 Å². The fraction of sp³-hybridized carbons (Fsp3) is 0.533. The van der Waals surface area contributed by atoms with E-state index in [0.717, 1.165) is 5.56 Å². The Hall–Kier alpha value is -1.39. The summed E-state index contributed by atoms with van der Waals surface area (Å²) in [5, 5.41) is 12.5. The number of nitrogens with one attached hydrogen (secondary N) is 1. The molecule has 1 aromatic carbocycles. The largest absolute Gasteiger partial charge is 0.396 e. The predicted octanol–water partition coefficient (Wildman–Crippen LogP) is 1.67. The molecule has 0 aliphatic heterocycles. The smallest absolute Gasteiger partial charge is 0.249 e. The van der Waals surface area contributed by atoms with E-state index < -0.39 is 5.91 Å². The molecule has 1 rings (SSSR count). The van der Waals surface area contributed by atoms with Gasteiger partial charge in [-0.15, -0.1) is 0 Å². The number of rotatable bonds is 6. The van der Waals surface area contributed by atoms with Crippen LogP contribution >= 0.6 is 0 Å². The quantitative estimate of drug-likeness (QED) is 0.731. The van der Waals surface area contributed by atoms with Gasteiger partial charge in [-0.05, 0) is 23.5 Å². The van der Waals surface area contributed by atoms with Crippen LogP contribution in [0.1, 0.15) is 43.1 Å². The van der Waals surface area contributed by atoms with Crippen LogP contribution in [0, 0.1) is 5.41 Å². The highest BCUT2D eigenvalue weighted by Gasteiger charge is 2.23. The van der Waals surface area contributed by atoms with E-state index in [-0.39, 0.29) is 18.1 Å². The average molecular weight is 264 g/mol. The summed E-state index contributed by atoms with van der Waals surface area (Å²) in [7, 11) is 0. The highest BCUT2D eigenvalue weighted by molar-refractivity contribution is 5.94. The molecule has 0 aliphatic carbocycles. The molecule has 1 atom stereocenters. The van der Waals surface area contributed by atoms with Crippen molar-refractivity contribution in [1.82, 2.24) is 5.32 Å². The van der Waals surface area contributed by atoms with E-state index in [2.05, 4.69) is 26.1 Å². The van der Waals surface area contributed by atoms with Gasteiger partial charge in [0, 0.05) is 24.8 Å². The summed E-state index contributed by atoms with van der Waals surface area (Å²) in [4.78, 5) is 11.3. The molecule has 0 aliphatic rings. The van der Waals surface area contributed by atoms with Gasteiger partial charge in [-0.2, -0.15) is 0 Å². The van der Waals surface area contributed by atoms with Crippen molar-refractivity contribution in [1.29, 1.82) is 0 Å². The Bertz CT molecular complexity index is 424. The summed E-state index contributed by atoms with van der Waals surface area (Å²) in [6.45, 7) is 7.09. The van der Waals surface area contributed by atoms with Crippen LogP contribution in [-0.2, 0) is 6.54 Å². The maximum atomic E-state index is 11.3. The first-order chi connectivity index (χ1) is 8.86. The second-order valence-electron chi connectivity index (χ2n) is 5.83. The molecule has 4 N–H and O–H groups in total. The lowest BCUT2D eigenvalue weighted by Crippen LogP contribution is -2.40. The molecule has 0 saturated carbocycles. The Labute approximate surface area is 115 Å². The molecule has 0 aromatic heterocycles. The molecule has 106 valence electrons. The summed E-state index contributed by atoms with van der Waals surface area (Å²) in [6.07, 6.45) is 0.683. The minimum Gasteiger partial charge on any atom is -0.396 e. The third kappa shape index (κ3) is 4.65. The predicted molar refractivity (Wildman–Crippen MR) is 76.7 cm³/mol. The number of amides is 1. The van der Waals surface area contributed by atoms with Crippen molar-refractivity contribution in [2.45, 2.75) is 39.8 Å². The van der Waals surface area contributed by atoms with Gasteiger partial charge in [0.15, 0.2) is 0 Å². The Morgan fingerprint density at radius 3 is 2.53 bits per heavy atom. The molecule has 0 radical (unpaired) electrons. The zero-order valence-electron chi connectivity index (χ0n) is 11.9. The molecule has 1 unspecified atom stereocenters. The summed E-state index contributed by atoms with van der Waals surface area (Å²) in [6, 6.07) is 7.50. The number of aliphatic hydroxyl groups is 1. The molecule has 0 heterocycles. The van der Waals surface area contributed by atoms with Crippen LogP contribution in [0.4, 0.5) is 0 Å². The number of hydrogen-bond acceptors (Lipinski definition) is 3. The van der Waals surface area contributed by atoms with Gasteiger partial charge in [0.1, 0.15) is 0 Å². The molecule has 4 nitrogen and oxygen atoms in total. The van der Waals surface area contributed by atoms with Crippen molar-refractivity contribution >= 4 is 5.91 Å². The van der Waals surface area contributed by atoms with Crippen LogP contribution in [0.25, 0.3) is 0 Å². The SMILES string of the molecule is CC(C)(C)C(CCO)NCc1ccccc1C(N)=O. The lowest BCUT2D eigenvalue weighted by atomic mass is 9.84. The van der Waals surface area contributed by atoms with Gasteiger partial charge in [0.25, 0.3) is 0 Å². The van der Waals surface area contributed by atoms with Crippen LogP contribution in [0.5, 0.6) is 0 Å². The molecular formula is C15H24N2O2. The fourth-order valence-corrected chi connectivity index (χ4v) is 2.12. The van der Waals surface area contributed by atoms with Crippen molar-refractivity contribution in [2.24, 2.45) is 11.1 Å². The first-order valence-electron chi connectivity index (χ1n) is 6.58. The van der Waals surface area contributed by atoms with Gasteiger partial charge in [0.05, 0.1) is 0 Å². The van der Waals surface area contributed by atoms with Crippen molar-refractivity contribution in [2.75, 3.05) is 6.61 Å². The van der Waals surface area contributed by atoms with Gasteiger partial charge in [-0.25, -0.2) is 0 Å². The summed E-state index contributed by atoms with van der Waals surface area (Å²) >= 11 is 0. The van der Waals surface area contributed by atoms with Crippen molar-refractivity contribution in [3.63, 3.8) is 0 Å².